The van der Waals surface area contributed by atoms with Gasteiger partial charge < -0.3 is 20.5 Å². The standard InChI is InChI=1S/C17H24N2O5/c1-17(2,3)24-16(23)18-10-5-4-9-14(20)19-13-8-6-7-12(11-13)15(21)22/h6-8,11H,4-5,9-10H2,1-3H3,(H,18,23)(H,19,20)(H,21,22). The highest BCUT2D eigenvalue weighted by molar-refractivity contribution is 5.93. The number of anilines is 1. The molecule has 0 aromatic heterocycles. The lowest BCUT2D eigenvalue weighted by Gasteiger charge is -2.19. The number of benzene rings is 1. The summed E-state index contributed by atoms with van der Waals surface area (Å²) < 4.78 is 5.10. The number of unbranched alkanes of at least 4 members (excludes halogenated alkanes) is 1. The molecule has 0 spiro atoms. The van der Waals surface area contributed by atoms with Crippen molar-refractivity contribution in [3.8, 4) is 0 Å². The number of carboxylic acids is 1. The van der Waals surface area contributed by atoms with E-state index in [4.69, 9.17) is 9.84 Å². The molecule has 0 saturated heterocycles. The molecule has 7 nitrogen and oxygen atoms in total. The molecular formula is C17H24N2O5. The summed E-state index contributed by atoms with van der Waals surface area (Å²) in [6, 6.07) is 6.07. The number of carbonyl (C=O) groups excluding carboxylic acids is 2. The summed E-state index contributed by atoms with van der Waals surface area (Å²) in [5, 5.41) is 14.2. The maximum atomic E-state index is 11.8. The zero-order valence-electron chi connectivity index (χ0n) is 14.2. The van der Waals surface area contributed by atoms with Crippen LogP contribution in [0.15, 0.2) is 24.3 Å². The largest absolute Gasteiger partial charge is 0.478 e. The van der Waals surface area contributed by atoms with E-state index in [0.29, 0.717) is 25.1 Å². The number of nitrogens with one attached hydrogen (secondary N) is 2. The van der Waals surface area contributed by atoms with Crippen molar-refractivity contribution in [3.05, 3.63) is 29.8 Å². The number of hydrogen-bond donors (Lipinski definition) is 3. The Balaban J connectivity index is 2.24. The molecule has 0 atom stereocenters. The van der Waals surface area contributed by atoms with Gasteiger partial charge in [-0.3, -0.25) is 4.79 Å². The zero-order chi connectivity index (χ0) is 18.2. The van der Waals surface area contributed by atoms with Gasteiger partial charge >= 0.3 is 12.1 Å². The van der Waals surface area contributed by atoms with Gasteiger partial charge in [0.1, 0.15) is 5.60 Å². The third kappa shape index (κ3) is 8.17. The Hall–Kier alpha value is -2.57. The molecular weight excluding hydrogens is 312 g/mol. The van der Waals surface area contributed by atoms with E-state index in [0.717, 1.165) is 0 Å². The highest BCUT2D eigenvalue weighted by Crippen LogP contribution is 2.11. The number of carboxylic acid groups (broad SMARTS) is 1. The Morgan fingerprint density at radius 1 is 1.17 bits per heavy atom. The zero-order valence-corrected chi connectivity index (χ0v) is 14.2. The summed E-state index contributed by atoms with van der Waals surface area (Å²) in [5.41, 5.74) is 0.0372. The Morgan fingerprint density at radius 3 is 2.50 bits per heavy atom. The third-order valence-corrected chi connectivity index (χ3v) is 2.89. The number of hydrogen-bond acceptors (Lipinski definition) is 4. The van der Waals surface area contributed by atoms with Crippen LogP contribution in [0.2, 0.25) is 0 Å². The van der Waals surface area contributed by atoms with Gasteiger partial charge in [0.15, 0.2) is 0 Å². The summed E-state index contributed by atoms with van der Waals surface area (Å²) in [7, 11) is 0. The second kappa shape index (κ2) is 8.90. The van der Waals surface area contributed by atoms with E-state index in [1.807, 2.05) is 0 Å². The number of alkyl carbamates (subject to hydrolysis) is 1. The van der Waals surface area contributed by atoms with E-state index in [-0.39, 0.29) is 17.9 Å². The van der Waals surface area contributed by atoms with Gasteiger partial charge in [-0.15, -0.1) is 0 Å². The molecule has 2 amide bonds. The molecule has 1 aromatic carbocycles. The second-order valence-corrected chi connectivity index (χ2v) is 6.32. The summed E-state index contributed by atoms with van der Waals surface area (Å²) in [6.07, 6.45) is 1.05. The minimum Gasteiger partial charge on any atom is -0.478 e. The third-order valence-electron chi connectivity index (χ3n) is 2.89. The first kappa shape index (κ1) is 19.5. The van der Waals surface area contributed by atoms with Gasteiger partial charge in [0, 0.05) is 18.7 Å². The van der Waals surface area contributed by atoms with Crippen molar-refractivity contribution >= 4 is 23.7 Å². The van der Waals surface area contributed by atoms with Crippen LogP contribution in [0.1, 0.15) is 50.4 Å². The van der Waals surface area contributed by atoms with Crippen molar-refractivity contribution in [1.82, 2.24) is 5.32 Å². The molecule has 0 heterocycles. The molecule has 3 N–H and O–H groups in total. The lowest BCUT2D eigenvalue weighted by Crippen LogP contribution is -2.33. The monoisotopic (exact) mass is 336 g/mol. The van der Waals surface area contributed by atoms with E-state index in [9.17, 15) is 14.4 Å². The van der Waals surface area contributed by atoms with Crippen LogP contribution in [0.5, 0.6) is 0 Å². The van der Waals surface area contributed by atoms with Crippen LogP contribution >= 0.6 is 0 Å². The van der Waals surface area contributed by atoms with Crippen molar-refractivity contribution in [2.24, 2.45) is 0 Å². The van der Waals surface area contributed by atoms with Crippen LogP contribution in [0.4, 0.5) is 10.5 Å². The lowest BCUT2D eigenvalue weighted by atomic mass is 10.2. The van der Waals surface area contributed by atoms with Crippen molar-refractivity contribution in [3.63, 3.8) is 0 Å². The van der Waals surface area contributed by atoms with Gasteiger partial charge in [-0.2, -0.15) is 0 Å². The van der Waals surface area contributed by atoms with E-state index >= 15 is 0 Å². The average molecular weight is 336 g/mol. The molecule has 0 aliphatic heterocycles. The van der Waals surface area contributed by atoms with E-state index in [1.54, 1.807) is 32.9 Å². The maximum Gasteiger partial charge on any atom is 0.407 e. The first-order valence-electron chi connectivity index (χ1n) is 7.77. The van der Waals surface area contributed by atoms with Crippen molar-refractivity contribution in [2.45, 2.75) is 45.6 Å². The molecule has 1 rings (SSSR count). The van der Waals surface area contributed by atoms with E-state index in [1.165, 1.54) is 12.1 Å². The Morgan fingerprint density at radius 2 is 1.88 bits per heavy atom. The molecule has 0 bridgehead atoms. The lowest BCUT2D eigenvalue weighted by molar-refractivity contribution is -0.116. The molecule has 0 radical (unpaired) electrons. The minimum absolute atomic E-state index is 0.120. The van der Waals surface area contributed by atoms with E-state index < -0.39 is 17.7 Å². The first-order chi connectivity index (χ1) is 11.2. The number of ether oxygens (including phenoxy) is 1. The quantitative estimate of drug-likeness (QED) is 0.664. The number of rotatable bonds is 7. The van der Waals surface area contributed by atoms with Gasteiger partial charge in [0.2, 0.25) is 5.91 Å². The van der Waals surface area contributed by atoms with Gasteiger partial charge in [-0.1, -0.05) is 6.07 Å². The topological polar surface area (TPSA) is 105 Å². The first-order valence-corrected chi connectivity index (χ1v) is 7.77. The molecule has 0 aliphatic rings. The van der Waals surface area contributed by atoms with Crippen LogP contribution in [0.25, 0.3) is 0 Å². The molecule has 0 aliphatic carbocycles. The molecule has 1 aromatic rings. The van der Waals surface area contributed by atoms with Crippen LogP contribution in [0.3, 0.4) is 0 Å². The number of amides is 2. The SMILES string of the molecule is CC(C)(C)OC(=O)NCCCCC(=O)Nc1cccc(C(=O)O)c1. The highest BCUT2D eigenvalue weighted by atomic mass is 16.6. The summed E-state index contributed by atoms with van der Waals surface area (Å²) in [4.78, 5) is 34.1. The summed E-state index contributed by atoms with van der Waals surface area (Å²) >= 11 is 0. The second-order valence-electron chi connectivity index (χ2n) is 6.32. The molecule has 0 fully saturated rings. The smallest absolute Gasteiger partial charge is 0.407 e. The van der Waals surface area contributed by atoms with E-state index in [2.05, 4.69) is 10.6 Å². The predicted octanol–water partition coefficient (Wildman–Crippen LogP) is 3.02. The van der Waals surface area contributed by atoms with Crippen LogP contribution < -0.4 is 10.6 Å². The molecule has 132 valence electrons. The number of aromatic carboxylic acids is 1. The predicted molar refractivity (Wildman–Crippen MR) is 90.1 cm³/mol. The fourth-order valence-corrected chi connectivity index (χ4v) is 1.87. The maximum absolute atomic E-state index is 11.8. The van der Waals surface area contributed by atoms with Gasteiger partial charge in [-0.05, 0) is 51.8 Å². The van der Waals surface area contributed by atoms with Gasteiger partial charge in [0.25, 0.3) is 0 Å². The Labute approximate surface area is 141 Å². The van der Waals surface area contributed by atoms with Crippen LogP contribution in [-0.4, -0.2) is 35.2 Å². The fourth-order valence-electron chi connectivity index (χ4n) is 1.87. The van der Waals surface area contributed by atoms with Gasteiger partial charge in [0.05, 0.1) is 5.56 Å². The fraction of sp³-hybridized carbons (Fsp3) is 0.471. The van der Waals surface area contributed by atoms with Crippen molar-refractivity contribution in [1.29, 1.82) is 0 Å². The minimum atomic E-state index is -1.04. The van der Waals surface area contributed by atoms with Crippen molar-refractivity contribution in [2.75, 3.05) is 11.9 Å². The summed E-state index contributed by atoms with van der Waals surface area (Å²) in [5.74, 6) is -1.24. The van der Waals surface area contributed by atoms with Crippen molar-refractivity contribution < 1.29 is 24.2 Å². The Bertz CT molecular complexity index is 593. The molecule has 0 unspecified atom stereocenters. The van der Waals surface area contributed by atoms with Crippen LogP contribution in [0, 0.1) is 0 Å². The Kier molecular flexibility index (Phi) is 7.23. The highest BCUT2D eigenvalue weighted by Gasteiger charge is 2.15. The molecule has 24 heavy (non-hydrogen) atoms. The van der Waals surface area contributed by atoms with Gasteiger partial charge in [-0.25, -0.2) is 9.59 Å². The average Bonchev–Trinajstić information content (AvgIpc) is 2.45. The molecule has 0 saturated carbocycles. The van der Waals surface area contributed by atoms with Crippen LogP contribution in [-0.2, 0) is 9.53 Å². The number of carbonyl (C=O) groups is 3. The normalized spacial score (nSPS) is 10.8. The molecule has 7 heteroatoms. The summed E-state index contributed by atoms with van der Waals surface area (Å²) in [6.45, 7) is 5.79.